The highest BCUT2D eigenvalue weighted by Gasteiger charge is 2.22. The standard InChI is InChI=1S/C24H26N4O2S2/c1-4-30-20-7-5-8-21-22(20)26-24(32-21)28(16-15-27-14-6-13-25-27)23(29)18-9-11-19(12-10-18)31-17(2)3/h5-14,17H,4,15-16H2,1-3H3. The van der Waals surface area contributed by atoms with Gasteiger partial charge in [0.25, 0.3) is 5.91 Å². The molecule has 0 saturated carbocycles. The lowest BCUT2D eigenvalue weighted by molar-refractivity contribution is 0.0985. The van der Waals surface area contributed by atoms with Crippen LogP contribution in [0.2, 0.25) is 0 Å². The van der Waals surface area contributed by atoms with E-state index in [-0.39, 0.29) is 5.91 Å². The van der Waals surface area contributed by atoms with E-state index < -0.39 is 0 Å². The highest BCUT2D eigenvalue weighted by atomic mass is 32.2. The molecule has 0 atom stereocenters. The Morgan fingerprint density at radius 3 is 2.69 bits per heavy atom. The molecule has 0 bridgehead atoms. The molecule has 0 N–H and O–H groups in total. The highest BCUT2D eigenvalue weighted by Crippen LogP contribution is 2.35. The molecule has 0 spiro atoms. The molecule has 4 rings (SSSR count). The zero-order valence-corrected chi connectivity index (χ0v) is 20.0. The lowest BCUT2D eigenvalue weighted by atomic mass is 10.2. The molecule has 166 valence electrons. The first-order valence-electron chi connectivity index (χ1n) is 10.6. The SMILES string of the molecule is CCOc1cccc2sc(N(CCn3cccn3)C(=O)c3ccc(SC(C)C)cc3)nc12. The van der Waals surface area contributed by atoms with Gasteiger partial charge in [-0.15, -0.1) is 11.8 Å². The Hall–Kier alpha value is -2.84. The van der Waals surface area contributed by atoms with Gasteiger partial charge in [0.15, 0.2) is 5.13 Å². The number of carbonyl (C=O) groups excluding carboxylic acids is 1. The summed E-state index contributed by atoms with van der Waals surface area (Å²) in [6, 6.07) is 15.6. The number of thioether (sulfide) groups is 1. The van der Waals surface area contributed by atoms with E-state index in [0.29, 0.717) is 35.6 Å². The quantitative estimate of drug-likeness (QED) is 0.294. The van der Waals surface area contributed by atoms with Gasteiger partial charge in [0.05, 0.1) is 17.9 Å². The first kappa shape index (κ1) is 22.4. The van der Waals surface area contributed by atoms with Crippen molar-refractivity contribution >= 4 is 44.4 Å². The van der Waals surface area contributed by atoms with Crippen molar-refractivity contribution < 1.29 is 9.53 Å². The second-order valence-electron chi connectivity index (χ2n) is 7.45. The predicted molar refractivity (Wildman–Crippen MR) is 132 cm³/mol. The molecule has 8 heteroatoms. The van der Waals surface area contributed by atoms with Gasteiger partial charge in [-0.3, -0.25) is 14.4 Å². The van der Waals surface area contributed by atoms with Crippen LogP contribution in [0.4, 0.5) is 5.13 Å². The molecule has 1 amide bonds. The number of rotatable bonds is 9. The first-order chi connectivity index (χ1) is 15.5. The summed E-state index contributed by atoms with van der Waals surface area (Å²) in [6.07, 6.45) is 3.63. The van der Waals surface area contributed by atoms with Crippen LogP contribution in [0, 0.1) is 0 Å². The molecular formula is C24H26N4O2S2. The van der Waals surface area contributed by atoms with Crippen molar-refractivity contribution in [3.05, 3.63) is 66.5 Å². The molecule has 4 aromatic rings. The van der Waals surface area contributed by atoms with Crippen LogP contribution in [-0.4, -0.2) is 39.1 Å². The molecule has 0 radical (unpaired) electrons. The number of nitrogens with zero attached hydrogens (tertiary/aromatic N) is 4. The second-order valence-corrected chi connectivity index (χ2v) is 10.1. The van der Waals surface area contributed by atoms with Crippen LogP contribution in [0.15, 0.2) is 65.8 Å². The number of fused-ring (bicyclic) bond motifs is 1. The molecule has 32 heavy (non-hydrogen) atoms. The summed E-state index contributed by atoms with van der Waals surface area (Å²) in [5, 5.41) is 5.42. The summed E-state index contributed by atoms with van der Waals surface area (Å²) in [5.74, 6) is 0.664. The Labute approximate surface area is 196 Å². The molecule has 0 aliphatic heterocycles. The fourth-order valence-corrected chi connectivity index (χ4v) is 5.17. The number of amides is 1. The van der Waals surface area contributed by atoms with Gasteiger partial charge in [0, 0.05) is 34.6 Å². The number of para-hydroxylation sites is 1. The van der Waals surface area contributed by atoms with Crippen LogP contribution in [0.1, 0.15) is 31.1 Å². The summed E-state index contributed by atoms with van der Waals surface area (Å²) in [7, 11) is 0. The van der Waals surface area contributed by atoms with Crippen LogP contribution in [0.25, 0.3) is 10.2 Å². The smallest absolute Gasteiger partial charge is 0.260 e. The van der Waals surface area contributed by atoms with Gasteiger partial charge >= 0.3 is 0 Å². The average molecular weight is 467 g/mol. The Morgan fingerprint density at radius 2 is 2.00 bits per heavy atom. The van der Waals surface area contributed by atoms with Crippen molar-refractivity contribution in [2.75, 3.05) is 18.1 Å². The van der Waals surface area contributed by atoms with Gasteiger partial charge in [0.2, 0.25) is 0 Å². The summed E-state index contributed by atoms with van der Waals surface area (Å²) < 4.78 is 8.56. The number of thiazole rings is 1. The minimum absolute atomic E-state index is 0.0738. The van der Waals surface area contributed by atoms with Gasteiger partial charge in [-0.05, 0) is 49.4 Å². The zero-order valence-electron chi connectivity index (χ0n) is 18.4. The van der Waals surface area contributed by atoms with E-state index >= 15 is 0 Å². The van der Waals surface area contributed by atoms with E-state index in [9.17, 15) is 4.79 Å². The molecule has 2 aromatic heterocycles. The van der Waals surface area contributed by atoms with Crippen LogP contribution in [0.5, 0.6) is 5.75 Å². The fraction of sp³-hybridized carbons (Fsp3) is 0.292. The molecule has 0 saturated heterocycles. The Balaban J connectivity index is 1.66. The monoisotopic (exact) mass is 466 g/mol. The Morgan fingerprint density at radius 1 is 1.19 bits per heavy atom. The Kier molecular flexibility index (Phi) is 7.12. The van der Waals surface area contributed by atoms with Gasteiger partial charge in [0.1, 0.15) is 11.3 Å². The van der Waals surface area contributed by atoms with E-state index in [1.54, 1.807) is 22.9 Å². The minimum atomic E-state index is -0.0738. The third-order valence-electron chi connectivity index (χ3n) is 4.73. The molecular weight excluding hydrogens is 440 g/mol. The van der Waals surface area contributed by atoms with E-state index in [1.165, 1.54) is 11.3 Å². The van der Waals surface area contributed by atoms with E-state index in [1.807, 2.05) is 66.3 Å². The summed E-state index contributed by atoms with van der Waals surface area (Å²) in [5.41, 5.74) is 1.43. The number of benzene rings is 2. The lowest BCUT2D eigenvalue weighted by Gasteiger charge is -2.20. The maximum Gasteiger partial charge on any atom is 0.260 e. The van der Waals surface area contributed by atoms with Crippen molar-refractivity contribution in [1.29, 1.82) is 0 Å². The van der Waals surface area contributed by atoms with Crippen LogP contribution in [0.3, 0.4) is 0 Å². The van der Waals surface area contributed by atoms with E-state index in [4.69, 9.17) is 9.72 Å². The molecule has 0 unspecified atom stereocenters. The van der Waals surface area contributed by atoms with Crippen molar-refractivity contribution in [3.63, 3.8) is 0 Å². The summed E-state index contributed by atoms with van der Waals surface area (Å²) in [6.45, 7) is 7.87. The highest BCUT2D eigenvalue weighted by molar-refractivity contribution is 7.99. The maximum atomic E-state index is 13.6. The molecule has 0 aliphatic carbocycles. The number of ether oxygens (including phenoxy) is 1. The number of aromatic nitrogens is 3. The van der Waals surface area contributed by atoms with Gasteiger partial charge < -0.3 is 4.74 Å². The average Bonchev–Trinajstić information content (AvgIpc) is 3.44. The molecule has 6 nitrogen and oxygen atoms in total. The Bertz CT molecular complexity index is 1170. The molecule has 0 aliphatic rings. The zero-order chi connectivity index (χ0) is 22.5. The maximum absolute atomic E-state index is 13.6. The molecule has 2 heterocycles. The van der Waals surface area contributed by atoms with Crippen molar-refractivity contribution in [2.45, 2.75) is 37.5 Å². The minimum Gasteiger partial charge on any atom is -0.492 e. The molecule has 2 aromatic carbocycles. The largest absolute Gasteiger partial charge is 0.492 e. The number of hydrogen-bond donors (Lipinski definition) is 0. The van der Waals surface area contributed by atoms with Crippen molar-refractivity contribution in [3.8, 4) is 5.75 Å². The third kappa shape index (κ3) is 5.14. The first-order valence-corrected chi connectivity index (χ1v) is 12.3. The second kappa shape index (κ2) is 10.2. The van der Waals surface area contributed by atoms with Gasteiger partial charge in [-0.2, -0.15) is 5.10 Å². The number of anilines is 1. The predicted octanol–water partition coefficient (Wildman–Crippen LogP) is 5.74. The van der Waals surface area contributed by atoms with Crippen LogP contribution >= 0.6 is 23.1 Å². The van der Waals surface area contributed by atoms with Crippen LogP contribution in [-0.2, 0) is 6.54 Å². The topological polar surface area (TPSA) is 60.2 Å². The van der Waals surface area contributed by atoms with E-state index in [2.05, 4.69) is 18.9 Å². The summed E-state index contributed by atoms with van der Waals surface area (Å²) in [4.78, 5) is 21.2. The number of hydrogen-bond acceptors (Lipinski definition) is 6. The third-order valence-corrected chi connectivity index (χ3v) is 6.79. The lowest BCUT2D eigenvalue weighted by Crippen LogP contribution is -2.34. The van der Waals surface area contributed by atoms with E-state index in [0.717, 1.165) is 20.9 Å². The number of carbonyl (C=O) groups is 1. The summed E-state index contributed by atoms with van der Waals surface area (Å²) >= 11 is 3.28. The van der Waals surface area contributed by atoms with Crippen LogP contribution < -0.4 is 9.64 Å². The fourth-order valence-electron chi connectivity index (χ4n) is 3.32. The van der Waals surface area contributed by atoms with Gasteiger partial charge in [-0.1, -0.05) is 31.3 Å². The van der Waals surface area contributed by atoms with Crippen molar-refractivity contribution in [2.24, 2.45) is 0 Å². The van der Waals surface area contributed by atoms with Crippen molar-refractivity contribution in [1.82, 2.24) is 14.8 Å². The normalized spacial score (nSPS) is 11.2. The molecule has 0 fully saturated rings. The van der Waals surface area contributed by atoms with Gasteiger partial charge in [-0.25, -0.2) is 4.98 Å².